The van der Waals surface area contributed by atoms with Gasteiger partial charge in [-0.25, -0.2) is 0 Å². The van der Waals surface area contributed by atoms with Crippen LogP contribution < -0.4 is 10.2 Å². The van der Waals surface area contributed by atoms with Crippen molar-refractivity contribution in [2.75, 3.05) is 12.5 Å². The van der Waals surface area contributed by atoms with Crippen LogP contribution >= 0.6 is 15.9 Å². The lowest BCUT2D eigenvalue weighted by Crippen LogP contribution is -1.92. The molecule has 0 fully saturated rings. The van der Waals surface area contributed by atoms with Gasteiger partial charge in [0.05, 0.1) is 35.6 Å². The molecule has 3 aromatic rings. The van der Waals surface area contributed by atoms with E-state index in [9.17, 15) is 10.1 Å². The average molecular weight is 416 g/mol. The number of non-ortho nitro benzene ring substituents is 1. The Labute approximate surface area is 157 Å². The first-order valence-corrected chi connectivity index (χ1v) is 8.33. The highest BCUT2D eigenvalue weighted by Crippen LogP contribution is 2.34. The highest BCUT2D eigenvalue weighted by molar-refractivity contribution is 9.10. The van der Waals surface area contributed by atoms with Crippen LogP contribution in [0, 0.1) is 10.1 Å². The van der Waals surface area contributed by atoms with E-state index < -0.39 is 4.92 Å². The van der Waals surface area contributed by atoms with Crippen molar-refractivity contribution in [3.05, 3.63) is 74.9 Å². The van der Waals surface area contributed by atoms with Gasteiger partial charge in [-0.2, -0.15) is 5.10 Å². The zero-order valence-corrected chi connectivity index (χ0v) is 15.3. The van der Waals surface area contributed by atoms with Gasteiger partial charge in [0.15, 0.2) is 0 Å². The molecule has 7 nitrogen and oxygen atoms in total. The summed E-state index contributed by atoms with van der Waals surface area (Å²) in [5, 5.41) is 15.0. The highest BCUT2D eigenvalue weighted by atomic mass is 79.9. The second kappa shape index (κ2) is 7.83. The van der Waals surface area contributed by atoms with Crippen molar-refractivity contribution in [3.8, 4) is 17.1 Å². The minimum Gasteiger partial charge on any atom is -0.496 e. The summed E-state index contributed by atoms with van der Waals surface area (Å²) in [4.78, 5) is 10.4. The maximum Gasteiger partial charge on any atom is 0.273 e. The Balaban J connectivity index is 1.76. The number of benzene rings is 2. The molecule has 132 valence electrons. The normalized spacial score (nSPS) is 10.8. The third kappa shape index (κ3) is 4.09. The number of rotatable bonds is 6. The molecule has 0 aliphatic carbocycles. The summed E-state index contributed by atoms with van der Waals surface area (Å²) in [6.07, 6.45) is 1.55. The summed E-state index contributed by atoms with van der Waals surface area (Å²) in [6, 6.07) is 15.5. The van der Waals surface area contributed by atoms with E-state index in [4.69, 9.17) is 9.15 Å². The molecule has 0 spiro atoms. The van der Waals surface area contributed by atoms with Gasteiger partial charge in [0, 0.05) is 10.5 Å². The van der Waals surface area contributed by atoms with Crippen molar-refractivity contribution < 1.29 is 14.1 Å². The van der Waals surface area contributed by atoms with Crippen LogP contribution in [0.15, 0.2) is 68.6 Å². The fourth-order valence-corrected chi connectivity index (χ4v) is 2.52. The number of ether oxygens (including phenoxy) is 1. The lowest BCUT2D eigenvalue weighted by atomic mass is 10.1. The number of hydrogen-bond acceptors (Lipinski definition) is 6. The van der Waals surface area contributed by atoms with Crippen LogP contribution in [-0.2, 0) is 0 Å². The van der Waals surface area contributed by atoms with Crippen molar-refractivity contribution in [1.82, 2.24) is 0 Å². The SMILES string of the molecule is COc1cc([N+](=O)[O-])ccc1-c1ccc(C=NNc2ccc(Br)cc2)o1. The predicted octanol–water partition coefficient (Wildman–Crippen LogP) is 5.07. The Morgan fingerprint density at radius 2 is 1.96 bits per heavy atom. The number of nitrogens with zero attached hydrogens (tertiary/aromatic N) is 2. The largest absolute Gasteiger partial charge is 0.496 e. The number of furan rings is 1. The summed E-state index contributed by atoms with van der Waals surface area (Å²) in [7, 11) is 1.45. The van der Waals surface area contributed by atoms with Crippen molar-refractivity contribution >= 4 is 33.5 Å². The summed E-state index contributed by atoms with van der Waals surface area (Å²) >= 11 is 3.37. The lowest BCUT2D eigenvalue weighted by Gasteiger charge is -2.05. The van der Waals surface area contributed by atoms with Gasteiger partial charge in [-0.3, -0.25) is 15.5 Å². The fraction of sp³-hybridized carbons (Fsp3) is 0.0556. The third-order valence-electron chi connectivity index (χ3n) is 3.52. The number of nitro benzene ring substituents is 1. The van der Waals surface area contributed by atoms with Crippen LogP contribution in [0.2, 0.25) is 0 Å². The van der Waals surface area contributed by atoms with Crippen LogP contribution in [0.5, 0.6) is 5.75 Å². The molecule has 2 aromatic carbocycles. The number of anilines is 1. The monoisotopic (exact) mass is 415 g/mol. The maximum absolute atomic E-state index is 10.9. The Hall–Kier alpha value is -3.13. The maximum atomic E-state index is 10.9. The van der Waals surface area contributed by atoms with Crippen LogP contribution in [0.1, 0.15) is 5.76 Å². The number of halogens is 1. The number of methoxy groups -OCH3 is 1. The molecule has 0 saturated carbocycles. The smallest absolute Gasteiger partial charge is 0.273 e. The third-order valence-corrected chi connectivity index (χ3v) is 4.05. The molecule has 1 aromatic heterocycles. The number of nitrogens with one attached hydrogen (secondary N) is 1. The first-order valence-electron chi connectivity index (χ1n) is 7.54. The van der Waals surface area contributed by atoms with Crippen LogP contribution in [0.4, 0.5) is 11.4 Å². The van der Waals surface area contributed by atoms with Crippen LogP contribution in [-0.4, -0.2) is 18.2 Å². The molecule has 0 amide bonds. The van der Waals surface area contributed by atoms with Gasteiger partial charge in [-0.1, -0.05) is 15.9 Å². The molecule has 0 aliphatic rings. The Bertz CT molecular complexity index is 951. The standard InChI is InChI=1S/C18H14BrN3O4/c1-25-18-10-14(22(23)24)6-8-16(18)17-9-7-15(26-17)11-20-21-13-4-2-12(19)3-5-13/h2-11,21H,1H3. The lowest BCUT2D eigenvalue weighted by molar-refractivity contribution is -0.384. The summed E-state index contributed by atoms with van der Waals surface area (Å²) in [5.41, 5.74) is 4.32. The molecule has 1 N–H and O–H groups in total. The predicted molar refractivity (Wildman–Crippen MR) is 103 cm³/mol. The molecule has 3 rings (SSSR count). The molecule has 0 atom stereocenters. The first-order chi connectivity index (χ1) is 12.6. The molecule has 0 aliphatic heterocycles. The van der Waals surface area contributed by atoms with Gasteiger partial charge >= 0.3 is 0 Å². The minimum absolute atomic E-state index is 0.0439. The molecule has 0 unspecified atom stereocenters. The van der Waals surface area contributed by atoms with Gasteiger partial charge in [-0.05, 0) is 42.5 Å². The van der Waals surface area contributed by atoms with Crippen LogP contribution in [0.3, 0.4) is 0 Å². The Kier molecular flexibility index (Phi) is 5.33. The molecule has 0 bridgehead atoms. The van der Waals surface area contributed by atoms with E-state index >= 15 is 0 Å². The van der Waals surface area contributed by atoms with E-state index in [0.717, 1.165) is 10.2 Å². The quantitative estimate of drug-likeness (QED) is 0.344. The van der Waals surface area contributed by atoms with Gasteiger partial charge in [0.1, 0.15) is 17.3 Å². The van der Waals surface area contributed by atoms with E-state index in [0.29, 0.717) is 22.8 Å². The van der Waals surface area contributed by atoms with Gasteiger partial charge in [0.25, 0.3) is 5.69 Å². The Morgan fingerprint density at radius 3 is 2.65 bits per heavy atom. The van der Waals surface area contributed by atoms with Crippen molar-refractivity contribution in [3.63, 3.8) is 0 Å². The van der Waals surface area contributed by atoms with E-state index in [2.05, 4.69) is 26.5 Å². The Morgan fingerprint density at radius 1 is 1.19 bits per heavy atom. The van der Waals surface area contributed by atoms with E-state index in [1.807, 2.05) is 24.3 Å². The number of hydrazone groups is 1. The summed E-state index contributed by atoms with van der Waals surface area (Å²) in [6.45, 7) is 0. The molecule has 0 saturated heterocycles. The average Bonchev–Trinajstić information content (AvgIpc) is 3.11. The summed E-state index contributed by atoms with van der Waals surface area (Å²) < 4.78 is 11.9. The minimum atomic E-state index is -0.472. The topological polar surface area (TPSA) is 89.9 Å². The zero-order chi connectivity index (χ0) is 18.5. The number of nitro groups is 1. The van der Waals surface area contributed by atoms with Gasteiger partial charge in [0.2, 0.25) is 0 Å². The zero-order valence-electron chi connectivity index (χ0n) is 13.7. The van der Waals surface area contributed by atoms with Crippen molar-refractivity contribution in [2.24, 2.45) is 5.10 Å². The van der Waals surface area contributed by atoms with Crippen LogP contribution in [0.25, 0.3) is 11.3 Å². The molecule has 8 heteroatoms. The second-order valence-corrected chi connectivity index (χ2v) is 6.14. The molecular formula is C18H14BrN3O4. The van der Waals surface area contributed by atoms with Crippen molar-refractivity contribution in [1.29, 1.82) is 0 Å². The second-order valence-electron chi connectivity index (χ2n) is 5.22. The van der Waals surface area contributed by atoms with Gasteiger partial charge in [-0.15, -0.1) is 0 Å². The van der Waals surface area contributed by atoms with E-state index in [1.165, 1.54) is 19.2 Å². The van der Waals surface area contributed by atoms with Gasteiger partial charge < -0.3 is 9.15 Å². The highest BCUT2D eigenvalue weighted by Gasteiger charge is 2.15. The van der Waals surface area contributed by atoms with Crippen molar-refractivity contribution in [2.45, 2.75) is 0 Å². The molecule has 1 heterocycles. The van der Waals surface area contributed by atoms with E-state index in [-0.39, 0.29) is 5.69 Å². The number of hydrogen-bond donors (Lipinski definition) is 1. The first kappa shape index (κ1) is 17.7. The molecular weight excluding hydrogens is 402 g/mol. The summed E-state index contributed by atoms with van der Waals surface area (Å²) in [5.74, 6) is 1.43. The fourth-order valence-electron chi connectivity index (χ4n) is 2.26. The molecule has 0 radical (unpaired) electrons. The molecule has 26 heavy (non-hydrogen) atoms. The van der Waals surface area contributed by atoms with E-state index in [1.54, 1.807) is 24.4 Å².